The fourth-order valence-corrected chi connectivity index (χ4v) is 1.81. The van der Waals surface area contributed by atoms with E-state index >= 15 is 0 Å². The van der Waals surface area contributed by atoms with Crippen molar-refractivity contribution in [1.29, 1.82) is 0 Å². The van der Waals surface area contributed by atoms with Gasteiger partial charge in [-0.1, -0.05) is 23.8 Å². The summed E-state index contributed by atoms with van der Waals surface area (Å²) in [5, 5.41) is 3.00. The second-order valence-electron chi connectivity index (χ2n) is 3.70. The van der Waals surface area contributed by atoms with Gasteiger partial charge in [-0.05, 0) is 19.3 Å². The highest BCUT2D eigenvalue weighted by Crippen LogP contribution is 2.19. The standard InChI is InChI=1S/C11H12ClN3O/c12-9-6-13-7-10(14-9)15-11(16)8-4-2-1-3-5-8/h1-2,6-8H,3-5H2,(H,14,15,16). The van der Waals surface area contributed by atoms with Gasteiger partial charge in [0.1, 0.15) is 5.15 Å². The third-order valence-electron chi connectivity index (χ3n) is 2.50. The van der Waals surface area contributed by atoms with Crippen molar-refractivity contribution in [3.8, 4) is 0 Å². The molecular formula is C11H12ClN3O. The van der Waals surface area contributed by atoms with Crippen molar-refractivity contribution in [2.45, 2.75) is 19.3 Å². The Hall–Kier alpha value is -1.42. The lowest BCUT2D eigenvalue weighted by Gasteiger charge is -2.16. The first-order chi connectivity index (χ1) is 7.75. The summed E-state index contributed by atoms with van der Waals surface area (Å²) in [6, 6.07) is 0. The van der Waals surface area contributed by atoms with Crippen molar-refractivity contribution < 1.29 is 4.79 Å². The van der Waals surface area contributed by atoms with E-state index < -0.39 is 0 Å². The average molecular weight is 238 g/mol. The zero-order valence-corrected chi connectivity index (χ0v) is 9.44. The second-order valence-corrected chi connectivity index (χ2v) is 4.08. The van der Waals surface area contributed by atoms with Crippen LogP contribution in [0.25, 0.3) is 0 Å². The van der Waals surface area contributed by atoms with E-state index in [0.717, 1.165) is 19.3 Å². The van der Waals surface area contributed by atoms with Crippen molar-refractivity contribution in [2.75, 3.05) is 5.32 Å². The molecule has 0 spiro atoms. The number of anilines is 1. The van der Waals surface area contributed by atoms with Crippen LogP contribution in [0.3, 0.4) is 0 Å². The Morgan fingerprint density at radius 2 is 2.31 bits per heavy atom. The SMILES string of the molecule is O=C(Nc1cncc(Cl)n1)C1CC=CCC1. The Morgan fingerprint density at radius 1 is 1.44 bits per heavy atom. The lowest BCUT2D eigenvalue weighted by molar-refractivity contribution is -0.120. The minimum absolute atomic E-state index is 0.0130. The van der Waals surface area contributed by atoms with E-state index in [1.54, 1.807) is 0 Å². The molecule has 1 unspecified atom stereocenters. The van der Waals surface area contributed by atoms with Gasteiger partial charge in [-0.25, -0.2) is 4.98 Å². The molecule has 1 atom stereocenters. The first kappa shape index (κ1) is 11.1. The van der Waals surface area contributed by atoms with Crippen LogP contribution in [0.15, 0.2) is 24.5 Å². The quantitative estimate of drug-likeness (QED) is 0.804. The fraction of sp³-hybridized carbons (Fsp3) is 0.364. The fourth-order valence-electron chi connectivity index (χ4n) is 1.66. The molecule has 5 heteroatoms. The minimum atomic E-state index is -0.0130. The summed E-state index contributed by atoms with van der Waals surface area (Å²) in [5.41, 5.74) is 0. The molecule has 1 aliphatic carbocycles. The van der Waals surface area contributed by atoms with Crippen LogP contribution in [0, 0.1) is 5.92 Å². The first-order valence-corrected chi connectivity index (χ1v) is 5.57. The predicted molar refractivity (Wildman–Crippen MR) is 62.2 cm³/mol. The zero-order valence-electron chi connectivity index (χ0n) is 8.69. The van der Waals surface area contributed by atoms with E-state index in [2.05, 4.69) is 21.4 Å². The Balaban J connectivity index is 1.99. The number of amides is 1. The monoisotopic (exact) mass is 237 g/mol. The molecule has 16 heavy (non-hydrogen) atoms. The summed E-state index contributed by atoms with van der Waals surface area (Å²) >= 11 is 5.68. The van der Waals surface area contributed by atoms with E-state index in [1.165, 1.54) is 12.4 Å². The summed E-state index contributed by atoms with van der Waals surface area (Å²) in [6.07, 6.45) is 9.69. The maximum atomic E-state index is 11.8. The normalized spacial score (nSPS) is 19.4. The maximum absolute atomic E-state index is 11.8. The van der Waals surface area contributed by atoms with Gasteiger partial charge in [0.05, 0.1) is 12.4 Å². The van der Waals surface area contributed by atoms with E-state index in [1.807, 2.05) is 6.08 Å². The van der Waals surface area contributed by atoms with Crippen LogP contribution in [0.5, 0.6) is 0 Å². The summed E-state index contributed by atoms with van der Waals surface area (Å²) in [5.74, 6) is 0.429. The van der Waals surface area contributed by atoms with E-state index in [0.29, 0.717) is 5.82 Å². The summed E-state index contributed by atoms with van der Waals surface area (Å²) in [6.45, 7) is 0. The third-order valence-corrected chi connectivity index (χ3v) is 2.68. The van der Waals surface area contributed by atoms with Gasteiger partial charge >= 0.3 is 0 Å². The topological polar surface area (TPSA) is 54.9 Å². The van der Waals surface area contributed by atoms with Crippen molar-refractivity contribution in [3.05, 3.63) is 29.7 Å². The molecule has 0 aromatic carbocycles. The van der Waals surface area contributed by atoms with Gasteiger partial charge in [-0.15, -0.1) is 0 Å². The molecular weight excluding hydrogens is 226 g/mol. The van der Waals surface area contributed by atoms with Crippen LogP contribution in [0.2, 0.25) is 5.15 Å². The Bertz CT molecular complexity index is 419. The van der Waals surface area contributed by atoms with Gasteiger partial charge < -0.3 is 5.32 Å². The van der Waals surface area contributed by atoms with E-state index in [-0.39, 0.29) is 17.0 Å². The number of nitrogens with zero attached hydrogens (tertiary/aromatic N) is 2. The molecule has 4 nitrogen and oxygen atoms in total. The number of hydrogen-bond acceptors (Lipinski definition) is 3. The molecule has 1 N–H and O–H groups in total. The van der Waals surface area contributed by atoms with Gasteiger partial charge in [-0.3, -0.25) is 9.78 Å². The third kappa shape index (κ3) is 2.79. The van der Waals surface area contributed by atoms with Gasteiger partial charge in [0.25, 0.3) is 0 Å². The largest absolute Gasteiger partial charge is 0.309 e. The predicted octanol–water partition coefficient (Wildman–Crippen LogP) is 2.42. The molecule has 0 radical (unpaired) electrons. The summed E-state index contributed by atoms with van der Waals surface area (Å²) in [4.78, 5) is 19.6. The number of carbonyl (C=O) groups excluding carboxylic acids is 1. The molecule has 0 aliphatic heterocycles. The smallest absolute Gasteiger partial charge is 0.229 e. The van der Waals surface area contributed by atoms with Crippen molar-refractivity contribution in [1.82, 2.24) is 9.97 Å². The molecule has 2 rings (SSSR count). The highest BCUT2D eigenvalue weighted by molar-refractivity contribution is 6.29. The number of carbonyl (C=O) groups is 1. The number of rotatable bonds is 2. The Morgan fingerprint density at radius 3 is 3.00 bits per heavy atom. The number of nitrogens with one attached hydrogen (secondary N) is 1. The molecule has 1 aliphatic rings. The molecule has 1 aromatic rings. The molecule has 0 saturated heterocycles. The second kappa shape index (κ2) is 5.07. The average Bonchev–Trinajstić information content (AvgIpc) is 2.30. The minimum Gasteiger partial charge on any atom is -0.309 e. The van der Waals surface area contributed by atoms with Crippen molar-refractivity contribution in [3.63, 3.8) is 0 Å². The highest BCUT2D eigenvalue weighted by Gasteiger charge is 2.18. The Labute approximate surface area is 98.7 Å². The number of hydrogen-bond donors (Lipinski definition) is 1. The summed E-state index contributed by atoms with van der Waals surface area (Å²) in [7, 11) is 0. The van der Waals surface area contributed by atoms with Crippen molar-refractivity contribution in [2.24, 2.45) is 5.92 Å². The number of aromatic nitrogens is 2. The molecule has 0 fully saturated rings. The molecule has 1 heterocycles. The van der Waals surface area contributed by atoms with Crippen LogP contribution >= 0.6 is 11.6 Å². The van der Waals surface area contributed by atoms with Crippen LogP contribution in [0.1, 0.15) is 19.3 Å². The first-order valence-electron chi connectivity index (χ1n) is 5.19. The maximum Gasteiger partial charge on any atom is 0.229 e. The lowest BCUT2D eigenvalue weighted by Crippen LogP contribution is -2.24. The van der Waals surface area contributed by atoms with E-state index in [4.69, 9.17) is 11.6 Å². The lowest BCUT2D eigenvalue weighted by atomic mass is 9.94. The van der Waals surface area contributed by atoms with Gasteiger partial charge in [-0.2, -0.15) is 0 Å². The van der Waals surface area contributed by atoms with E-state index in [9.17, 15) is 4.79 Å². The summed E-state index contributed by atoms with van der Waals surface area (Å²) < 4.78 is 0. The molecule has 84 valence electrons. The molecule has 0 bridgehead atoms. The molecule has 1 aromatic heterocycles. The molecule has 1 amide bonds. The zero-order chi connectivity index (χ0) is 11.4. The van der Waals surface area contributed by atoms with Gasteiger partial charge in [0.15, 0.2) is 5.82 Å². The molecule has 0 saturated carbocycles. The van der Waals surface area contributed by atoms with Crippen LogP contribution in [0.4, 0.5) is 5.82 Å². The van der Waals surface area contributed by atoms with Crippen LogP contribution in [-0.4, -0.2) is 15.9 Å². The number of halogens is 1. The number of allylic oxidation sites excluding steroid dienone is 2. The van der Waals surface area contributed by atoms with Crippen molar-refractivity contribution >= 4 is 23.3 Å². The van der Waals surface area contributed by atoms with Gasteiger partial charge in [0, 0.05) is 5.92 Å². The van der Waals surface area contributed by atoms with Gasteiger partial charge in [0.2, 0.25) is 5.91 Å². The van der Waals surface area contributed by atoms with Crippen LogP contribution < -0.4 is 5.32 Å². The highest BCUT2D eigenvalue weighted by atomic mass is 35.5. The Kier molecular flexibility index (Phi) is 3.51. The van der Waals surface area contributed by atoms with Crippen LogP contribution in [-0.2, 0) is 4.79 Å².